The maximum atomic E-state index is 12.1. The molecule has 3 rings (SSSR count). The van der Waals surface area contributed by atoms with Gasteiger partial charge in [0.15, 0.2) is 11.5 Å². The molecule has 5 heteroatoms. The average molecular weight is 339 g/mol. The largest absolute Gasteiger partial charge is 0.494 e. The van der Waals surface area contributed by atoms with Gasteiger partial charge in [0.25, 0.3) is 0 Å². The van der Waals surface area contributed by atoms with Crippen molar-refractivity contribution in [2.24, 2.45) is 0 Å². The number of carbonyl (C=O) groups excluding carboxylic acids is 1. The first kappa shape index (κ1) is 16.9. The second-order valence-electron chi connectivity index (χ2n) is 5.60. The molecule has 2 aromatic carbocycles. The van der Waals surface area contributed by atoms with E-state index in [2.05, 4.69) is 12.2 Å². The summed E-state index contributed by atoms with van der Waals surface area (Å²) >= 11 is 0. The number of nitrogens with one attached hydrogen (secondary N) is 1. The molecular formula is C20H21NO4. The third kappa shape index (κ3) is 4.76. The van der Waals surface area contributed by atoms with Crippen LogP contribution in [0.5, 0.6) is 17.2 Å². The minimum absolute atomic E-state index is 0.206. The predicted molar refractivity (Wildman–Crippen MR) is 97.3 cm³/mol. The van der Waals surface area contributed by atoms with Crippen LogP contribution in [0.15, 0.2) is 48.5 Å². The minimum atomic E-state index is -0.206. The van der Waals surface area contributed by atoms with Crippen LogP contribution in [0, 0.1) is 0 Å². The van der Waals surface area contributed by atoms with Crippen LogP contribution >= 0.6 is 0 Å². The molecule has 0 saturated heterocycles. The average Bonchev–Trinajstić information content (AvgIpc) is 2.65. The van der Waals surface area contributed by atoms with Crippen LogP contribution in [-0.4, -0.2) is 25.7 Å². The molecule has 0 fully saturated rings. The van der Waals surface area contributed by atoms with E-state index in [1.807, 2.05) is 24.3 Å². The van der Waals surface area contributed by atoms with Crippen molar-refractivity contribution in [3.8, 4) is 17.2 Å². The molecule has 1 aliphatic rings. The number of amides is 1. The first-order chi connectivity index (χ1) is 12.2. The van der Waals surface area contributed by atoms with Gasteiger partial charge in [0, 0.05) is 17.8 Å². The van der Waals surface area contributed by atoms with Gasteiger partial charge in [0.05, 0.1) is 6.61 Å². The van der Waals surface area contributed by atoms with Crippen molar-refractivity contribution in [2.75, 3.05) is 25.1 Å². The molecular weight excluding hydrogens is 318 g/mol. The zero-order valence-electron chi connectivity index (χ0n) is 14.2. The summed E-state index contributed by atoms with van der Waals surface area (Å²) < 4.78 is 16.5. The van der Waals surface area contributed by atoms with Gasteiger partial charge >= 0.3 is 0 Å². The van der Waals surface area contributed by atoms with Crippen LogP contribution in [0.25, 0.3) is 6.08 Å². The van der Waals surface area contributed by atoms with Crippen LogP contribution in [0.4, 0.5) is 5.69 Å². The molecule has 1 amide bonds. The van der Waals surface area contributed by atoms with E-state index in [4.69, 9.17) is 14.2 Å². The molecule has 5 nitrogen and oxygen atoms in total. The maximum absolute atomic E-state index is 12.1. The highest BCUT2D eigenvalue weighted by molar-refractivity contribution is 6.02. The number of rotatable bonds is 6. The summed E-state index contributed by atoms with van der Waals surface area (Å²) in [4.78, 5) is 12.1. The lowest BCUT2D eigenvalue weighted by molar-refractivity contribution is -0.111. The summed E-state index contributed by atoms with van der Waals surface area (Å²) in [7, 11) is 0. The normalized spacial score (nSPS) is 12.8. The van der Waals surface area contributed by atoms with Crippen LogP contribution in [-0.2, 0) is 4.79 Å². The van der Waals surface area contributed by atoms with E-state index in [0.717, 1.165) is 17.7 Å². The fourth-order valence-corrected chi connectivity index (χ4v) is 2.37. The van der Waals surface area contributed by atoms with E-state index < -0.39 is 0 Å². The standard InChI is InChI=1S/C20H21NO4/c1-2-11-23-17-7-3-15(4-8-17)5-10-20(22)21-16-6-9-18-19(14-16)25-13-12-24-18/h3-10,14H,2,11-13H2,1H3,(H,21,22). The minimum Gasteiger partial charge on any atom is -0.494 e. The van der Waals surface area contributed by atoms with E-state index in [1.165, 1.54) is 6.08 Å². The summed E-state index contributed by atoms with van der Waals surface area (Å²) in [5.41, 5.74) is 1.60. The molecule has 130 valence electrons. The summed E-state index contributed by atoms with van der Waals surface area (Å²) in [6.07, 6.45) is 4.23. The van der Waals surface area contributed by atoms with Gasteiger partial charge in [-0.2, -0.15) is 0 Å². The molecule has 25 heavy (non-hydrogen) atoms. The van der Waals surface area contributed by atoms with Gasteiger partial charge in [0.2, 0.25) is 5.91 Å². The molecule has 0 saturated carbocycles. The third-order valence-corrected chi connectivity index (χ3v) is 3.59. The Bertz CT molecular complexity index is 753. The van der Waals surface area contributed by atoms with E-state index >= 15 is 0 Å². The lowest BCUT2D eigenvalue weighted by Gasteiger charge is -2.18. The molecule has 0 bridgehead atoms. The fraction of sp³-hybridized carbons (Fsp3) is 0.250. The number of anilines is 1. The summed E-state index contributed by atoms with van der Waals surface area (Å²) in [6, 6.07) is 13.0. The van der Waals surface area contributed by atoms with Crippen molar-refractivity contribution in [1.29, 1.82) is 0 Å². The summed E-state index contributed by atoms with van der Waals surface area (Å²) in [5.74, 6) is 1.98. The number of benzene rings is 2. The maximum Gasteiger partial charge on any atom is 0.248 e. The van der Waals surface area contributed by atoms with E-state index in [-0.39, 0.29) is 5.91 Å². The van der Waals surface area contributed by atoms with Crippen molar-refractivity contribution in [1.82, 2.24) is 0 Å². The van der Waals surface area contributed by atoms with Gasteiger partial charge in [-0.1, -0.05) is 19.1 Å². The molecule has 0 spiro atoms. The third-order valence-electron chi connectivity index (χ3n) is 3.59. The van der Waals surface area contributed by atoms with Crippen molar-refractivity contribution in [2.45, 2.75) is 13.3 Å². The molecule has 0 aliphatic carbocycles. The van der Waals surface area contributed by atoms with Crippen molar-refractivity contribution < 1.29 is 19.0 Å². The quantitative estimate of drug-likeness (QED) is 0.811. The van der Waals surface area contributed by atoms with Crippen molar-refractivity contribution >= 4 is 17.7 Å². The summed E-state index contributed by atoms with van der Waals surface area (Å²) in [6.45, 7) is 3.83. The van der Waals surface area contributed by atoms with Gasteiger partial charge in [0.1, 0.15) is 19.0 Å². The second-order valence-corrected chi connectivity index (χ2v) is 5.60. The number of carbonyl (C=O) groups is 1. The Balaban J connectivity index is 1.57. The lowest BCUT2D eigenvalue weighted by Crippen LogP contribution is -2.16. The number of hydrogen-bond donors (Lipinski definition) is 1. The summed E-state index contributed by atoms with van der Waals surface area (Å²) in [5, 5.41) is 2.82. The van der Waals surface area contributed by atoms with Gasteiger partial charge < -0.3 is 19.5 Å². The predicted octanol–water partition coefficient (Wildman–Crippen LogP) is 3.90. The molecule has 0 atom stereocenters. The van der Waals surface area contributed by atoms with Gasteiger partial charge in [-0.25, -0.2) is 0 Å². The zero-order valence-corrected chi connectivity index (χ0v) is 14.2. The van der Waals surface area contributed by atoms with Crippen LogP contribution in [0.3, 0.4) is 0 Å². The van der Waals surface area contributed by atoms with Crippen LogP contribution in [0.2, 0.25) is 0 Å². The number of fused-ring (bicyclic) bond motifs is 1. The first-order valence-corrected chi connectivity index (χ1v) is 8.36. The Morgan fingerprint density at radius 2 is 1.88 bits per heavy atom. The Morgan fingerprint density at radius 3 is 2.64 bits per heavy atom. The molecule has 0 unspecified atom stereocenters. The van der Waals surface area contributed by atoms with Gasteiger partial charge in [-0.15, -0.1) is 0 Å². The smallest absolute Gasteiger partial charge is 0.248 e. The first-order valence-electron chi connectivity index (χ1n) is 8.36. The zero-order chi connectivity index (χ0) is 17.5. The molecule has 1 aliphatic heterocycles. The molecule has 1 N–H and O–H groups in total. The lowest BCUT2D eigenvalue weighted by atomic mass is 10.2. The topological polar surface area (TPSA) is 56.8 Å². The molecule has 0 aromatic heterocycles. The number of hydrogen-bond acceptors (Lipinski definition) is 4. The second kappa shape index (κ2) is 8.24. The highest BCUT2D eigenvalue weighted by atomic mass is 16.6. The highest BCUT2D eigenvalue weighted by Gasteiger charge is 2.12. The molecule has 2 aromatic rings. The van der Waals surface area contributed by atoms with Gasteiger partial charge in [-0.05, 0) is 42.3 Å². The Labute approximate surface area is 147 Å². The Kier molecular flexibility index (Phi) is 5.57. The molecule has 1 heterocycles. The van der Waals surface area contributed by atoms with Gasteiger partial charge in [-0.3, -0.25) is 4.79 Å². The van der Waals surface area contributed by atoms with Crippen molar-refractivity contribution in [3.63, 3.8) is 0 Å². The fourth-order valence-electron chi connectivity index (χ4n) is 2.37. The highest BCUT2D eigenvalue weighted by Crippen LogP contribution is 2.32. The molecule has 0 radical (unpaired) electrons. The van der Waals surface area contributed by atoms with Crippen LogP contribution < -0.4 is 19.5 Å². The Morgan fingerprint density at radius 1 is 1.12 bits per heavy atom. The SMILES string of the molecule is CCCOc1ccc(C=CC(=O)Nc2ccc3c(c2)OCCO3)cc1. The van der Waals surface area contributed by atoms with E-state index in [0.29, 0.717) is 37.0 Å². The Hall–Kier alpha value is -2.95. The van der Waals surface area contributed by atoms with E-state index in [9.17, 15) is 4.79 Å². The monoisotopic (exact) mass is 339 g/mol. The van der Waals surface area contributed by atoms with Crippen molar-refractivity contribution in [3.05, 3.63) is 54.1 Å². The van der Waals surface area contributed by atoms with Crippen LogP contribution in [0.1, 0.15) is 18.9 Å². The van der Waals surface area contributed by atoms with E-state index in [1.54, 1.807) is 24.3 Å². The number of ether oxygens (including phenoxy) is 3.